The molecule has 0 saturated carbocycles. The van der Waals surface area contributed by atoms with Crippen molar-refractivity contribution in [1.29, 1.82) is 0 Å². The van der Waals surface area contributed by atoms with Gasteiger partial charge in [-0.3, -0.25) is 4.98 Å². The topological polar surface area (TPSA) is 12.9 Å². The van der Waals surface area contributed by atoms with E-state index >= 15 is 0 Å². The van der Waals surface area contributed by atoms with Gasteiger partial charge in [0, 0.05) is 11.9 Å². The molecule has 0 unspecified atom stereocenters. The molecule has 0 atom stereocenters. The van der Waals surface area contributed by atoms with Crippen LogP contribution in [0.1, 0.15) is 58.4 Å². The smallest absolute Gasteiger partial charge is 0.152 e. The highest BCUT2D eigenvalue weighted by molar-refractivity contribution is 6.61. The average molecular weight is 270 g/mol. The van der Waals surface area contributed by atoms with Crippen molar-refractivity contribution < 1.29 is 0 Å². The maximum atomic E-state index is 4.48. The van der Waals surface area contributed by atoms with E-state index in [0.717, 1.165) is 12.0 Å². The van der Waals surface area contributed by atoms with Crippen molar-refractivity contribution in [2.75, 3.05) is 0 Å². The van der Waals surface area contributed by atoms with E-state index in [1.54, 1.807) is 0 Å². The van der Waals surface area contributed by atoms with E-state index in [0.29, 0.717) is 5.41 Å². The Morgan fingerprint density at radius 3 is 2.30 bits per heavy atom. The van der Waals surface area contributed by atoms with Gasteiger partial charge in [0.2, 0.25) is 0 Å². The minimum absolute atomic E-state index is 0.270. The Hall–Kier alpha value is -1.05. The predicted molar refractivity (Wildman–Crippen MR) is 91.2 cm³/mol. The molecule has 109 valence electrons. The predicted octanol–water partition coefficient (Wildman–Crippen LogP) is 5.25. The third-order valence-corrected chi connectivity index (χ3v) is 4.71. The molecule has 0 amide bonds. The fourth-order valence-electron chi connectivity index (χ4n) is 1.98. The lowest BCUT2D eigenvalue weighted by molar-refractivity contribution is 0.157. The largest absolute Gasteiger partial charge is 0.261 e. The van der Waals surface area contributed by atoms with Crippen LogP contribution in [0.15, 0.2) is 18.3 Å². The van der Waals surface area contributed by atoms with E-state index < -0.39 is 0 Å². The van der Waals surface area contributed by atoms with Gasteiger partial charge in [-0.15, -0.1) is 0 Å². The summed E-state index contributed by atoms with van der Waals surface area (Å²) in [6.45, 7) is 17.9. The van der Waals surface area contributed by atoms with Crippen LogP contribution in [-0.2, 0) is 0 Å². The SMILES string of the molecule is C/C=C(/[B]CC(C)(C)C(C)(C)C)c1cc(C)cnc1C. The third kappa shape index (κ3) is 3.97. The molecule has 1 rings (SSSR count). The number of pyridine rings is 1. The maximum absolute atomic E-state index is 4.48. The number of aromatic nitrogens is 1. The molecule has 1 aromatic heterocycles. The van der Waals surface area contributed by atoms with Crippen molar-refractivity contribution in [3.8, 4) is 0 Å². The fourth-order valence-corrected chi connectivity index (χ4v) is 1.98. The average Bonchev–Trinajstić information content (AvgIpc) is 2.32. The van der Waals surface area contributed by atoms with Gasteiger partial charge in [0.25, 0.3) is 0 Å². The molecule has 1 nitrogen and oxygen atoms in total. The molecular formula is C18H29BN. The van der Waals surface area contributed by atoms with Crippen molar-refractivity contribution in [1.82, 2.24) is 4.98 Å². The van der Waals surface area contributed by atoms with Gasteiger partial charge in [0.15, 0.2) is 7.28 Å². The van der Waals surface area contributed by atoms with Crippen molar-refractivity contribution in [3.05, 3.63) is 35.2 Å². The van der Waals surface area contributed by atoms with E-state index in [1.807, 2.05) is 6.20 Å². The van der Waals surface area contributed by atoms with Crippen LogP contribution in [0.4, 0.5) is 0 Å². The second kappa shape index (κ2) is 6.16. The Labute approximate surface area is 126 Å². The number of nitrogens with zero attached hydrogens (tertiary/aromatic N) is 1. The van der Waals surface area contributed by atoms with Crippen LogP contribution in [0.25, 0.3) is 5.47 Å². The lowest BCUT2D eigenvalue weighted by atomic mass is 9.52. The first-order valence-corrected chi connectivity index (χ1v) is 7.51. The quantitative estimate of drug-likeness (QED) is 0.680. The summed E-state index contributed by atoms with van der Waals surface area (Å²) in [5, 5.41) is 0. The van der Waals surface area contributed by atoms with Crippen molar-refractivity contribution in [2.24, 2.45) is 10.8 Å². The third-order valence-electron chi connectivity index (χ3n) is 4.71. The number of aryl methyl sites for hydroxylation is 2. The van der Waals surface area contributed by atoms with Gasteiger partial charge in [-0.25, -0.2) is 0 Å². The summed E-state index contributed by atoms with van der Waals surface area (Å²) in [4.78, 5) is 4.48. The molecule has 2 heteroatoms. The van der Waals surface area contributed by atoms with Crippen molar-refractivity contribution in [3.63, 3.8) is 0 Å². The summed E-state index contributed by atoms with van der Waals surface area (Å²) >= 11 is 0. The maximum Gasteiger partial charge on any atom is 0.152 e. The normalized spacial score (nSPS) is 13.5. The summed E-state index contributed by atoms with van der Waals surface area (Å²) in [7, 11) is 2.37. The Kier molecular flexibility index (Phi) is 5.24. The Morgan fingerprint density at radius 1 is 1.20 bits per heavy atom. The van der Waals surface area contributed by atoms with Gasteiger partial charge in [-0.1, -0.05) is 52.5 Å². The highest BCUT2D eigenvalue weighted by Gasteiger charge is 2.32. The molecule has 0 aliphatic carbocycles. The summed E-state index contributed by atoms with van der Waals surface area (Å²) in [5.41, 5.74) is 5.45. The fraction of sp³-hybridized carbons (Fsp3) is 0.611. The van der Waals surface area contributed by atoms with Gasteiger partial charge in [0.1, 0.15) is 0 Å². The minimum atomic E-state index is 0.270. The van der Waals surface area contributed by atoms with Gasteiger partial charge in [-0.2, -0.15) is 0 Å². The van der Waals surface area contributed by atoms with Gasteiger partial charge in [-0.05, 0) is 48.8 Å². The summed E-state index contributed by atoms with van der Waals surface area (Å²) in [6, 6.07) is 2.23. The summed E-state index contributed by atoms with van der Waals surface area (Å²) < 4.78 is 0. The molecule has 0 saturated heterocycles. The van der Waals surface area contributed by atoms with Crippen LogP contribution in [0.3, 0.4) is 0 Å². The molecule has 20 heavy (non-hydrogen) atoms. The van der Waals surface area contributed by atoms with Crippen LogP contribution in [0, 0.1) is 24.7 Å². The molecule has 0 aliphatic heterocycles. The van der Waals surface area contributed by atoms with Crippen LogP contribution in [0.5, 0.6) is 0 Å². The number of hydrogen-bond donors (Lipinski definition) is 0. The zero-order valence-electron chi connectivity index (χ0n) is 14.5. The van der Waals surface area contributed by atoms with Crippen LogP contribution in [0.2, 0.25) is 6.32 Å². The molecule has 1 aromatic rings. The highest BCUT2D eigenvalue weighted by Crippen LogP contribution is 2.41. The summed E-state index contributed by atoms with van der Waals surface area (Å²) in [5.74, 6) is 0. The highest BCUT2D eigenvalue weighted by atomic mass is 14.7. The Bertz CT molecular complexity index is 493. The first kappa shape index (κ1) is 17.0. The Balaban J connectivity index is 2.93. The zero-order chi connectivity index (χ0) is 15.6. The van der Waals surface area contributed by atoms with Crippen LogP contribution < -0.4 is 0 Å². The monoisotopic (exact) mass is 270 g/mol. The molecule has 0 spiro atoms. The molecule has 0 N–H and O–H groups in total. The number of rotatable bonds is 4. The lowest BCUT2D eigenvalue weighted by Crippen LogP contribution is -2.30. The Morgan fingerprint density at radius 2 is 1.80 bits per heavy atom. The molecule has 1 radical (unpaired) electrons. The number of allylic oxidation sites excluding steroid dienone is 1. The van der Waals surface area contributed by atoms with Gasteiger partial charge < -0.3 is 0 Å². The molecule has 0 bridgehead atoms. The molecular weight excluding hydrogens is 241 g/mol. The molecule has 0 fully saturated rings. The standard InChI is InChI=1S/C18H29BN/c1-9-16(15-10-13(2)11-20-14(15)3)19-12-18(7,8)17(4,5)6/h9-11H,12H2,1-8H3/b16-9+. The summed E-state index contributed by atoms with van der Waals surface area (Å²) in [6.07, 6.45) is 5.21. The second-order valence-corrected chi connectivity index (χ2v) is 7.43. The molecule has 0 aromatic carbocycles. The van der Waals surface area contributed by atoms with Crippen LogP contribution in [-0.4, -0.2) is 12.3 Å². The van der Waals surface area contributed by atoms with E-state index in [4.69, 9.17) is 0 Å². The van der Waals surface area contributed by atoms with E-state index in [-0.39, 0.29) is 5.41 Å². The van der Waals surface area contributed by atoms with E-state index in [2.05, 4.69) is 79.8 Å². The first-order chi connectivity index (χ1) is 9.08. The van der Waals surface area contributed by atoms with Crippen molar-refractivity contribution in [2.45, 2.75) is 61.7 Å². The molecule has 1 heterocycles. The molecule has 0 aliphatic rings. The first-order valence-electron chi connectivity index (χ1n) is 7.51. The minimum Gasteiger partial charge on any atom is -0.261 e. The van der Waals surface area contributed by atoms with Gasteiger partial charge >= 0.3 is 0 Å². The van der Waals surface area contributed by atoms with Crippen LogP contribution >= 0.6 is 0 Å². The van der Waals surface area contributed by atoms with Crippen molar-refractivity contribution >= 4 is 12.8 Å². The van der Waals surface area contributed by atoms with E-state index in [9.17, 15) is 0 Å². The van der Waals surface area contributed by atoms with E-state index in [1.165, 1.54) is 16.6 Å². The zero-order valence-corrected chi connectivity index (χ0v) is 14.5. The lowest BCUT2D eigenvalue weighted by Gasteiger charge is -2.39. The van der Waals surface area contributed by atoms with Gasteiger partial charge in [0.05, 0.1) is 0 Å². The second-order valence-electron chi connectivity index (χ2n) is 7.43. The number of hydrogen-bond acceptors (Lipinski definition) is 1.